The van der Waals surface area contributed by atoms with Crippen molar-refractivity contribution in [3.05, 3.63) is 73.6 Å². The molecule has 0 aliphatic heterocycles. The normalized spacial score (nSPS) is 12.0. The summed E-state index contributed by atoms with van der Waals surface area (Å²) < 4.78 is 10.6. The molecule has 152 valence electrons. The second-order valence-electron chi connectivity index (χ2n) is 6.81. The summed E-state index contributed by atoms with van der Waals surface area (Å²) in [5, 5.41) is 4.75. The van der Waals surface area contributed by atoms with Crippen LogP contribution in [0.15, 0.2) is 45.6 Å². The molecule has 2 aromatic carbocycles. The van der Waals surface area contributed by atoms with Gasteiger partial charge in [-0.1, -0.05) is 29.3 Å². The number of fused-ring (bicyclic) bond motifs is 1. The molecule has 29 heavy (non-hydrogen) atoms. The minimum atomic E-state index is -0.440. The Labute approximate surface area is 178 Å². The molecule has 0 aliphatic rings. The zero-order valence-electron chi connectivity index (χ0n) is 16.3. The monoisotopic (exact) mass is 433 g/mol. The molecule has 5 nitrogen and oxygen atoms in total. The number of halogens is 2. The first kappa shape index (κ1) is 21.2. The topological polar surface area (TPSA) is 68.5 Å². The van der Waals surface area contributed by atoms with E-state index in [0.717, 1.165) is 16.5 Å². The van der Waals surface area contributed by atoms with Gasteiger partial charge in [0.25, 0.3) is 0 Å². The van der Waals surface area contributed by atoms with E-state index in [1.165, 1.54) is 0 Å². The summed E-state index contributed by atoms with van der Waals surface area (Å²) in [6.45, 7) is 3.70. The smallest absolute Gasteiger partial charge is 0.339 e. The van der Waals surface area contributed by atoms with Crippen LogP contribution in [-0.4, -0.2) is 13.0 Å². The molecule has 0 saturated carbocycles. The minimum absolute atomic E-state index is 0.156. The largest absolute Gasteiger partial charge is 0.497 e. The molecule has 0 radical (unpaired) electrons. The molecule has 0 spiro atoms. The number of aryl methyl sites for hydroxylation is 1. The van der Waals surface area contributed by atoms with Crippen LogP contribution in [-0.2, 0) is 11.2 Å². The summed E-state index contributed by atoms with van der Waals surface area (Å²) in [5.74, 6) is 0.430. The molecule has 7 heteroatoms. The van der Waals surface area contributed by atoms with E-state index in [1.54, 1.807) is 31.4 Å². The summed E-state index contributed by atoms with van der Waals surface area (Å²) in [6.07, 6.45) is 0.436. The van der Waals surface area contributed by atoms with Gasteiger partial charge in [-0.3, -0.25) is 4.79 Å². The zero-order valence-corrected chi connectivity index (χ0v) is 17.9. The molecule has 1 atom stereocenters. The van der Waals surface area contributed by atoms with Gasteiger partial charge in [0.15, 0.2) is 0 Å². The van der Waals surface area contributed by atoms with Gasteiger partial charge < -0.3 is 14.5 Å². The van der Waals surface area contributed by atoms with E-state index < -0.39 is 5.63 Å². The van der Waals surface area contributed by atoms with Crippen LogP contribution in [0.5, 0.6) is 5.75 Å². The van der Waals surface area contributed by atoms with Crippen LogP contribution in [0, 0.1) is 6.92 Å². The van der Waals surface area contributed by atoms with Gasteiger partial charge in [0.2, 0.25) is 5.91 Å². The van der Waals surface area contributed by atoms with Crippen molar-refractivity contribution in [2.24, 2.45) is 0 Å². The summed E-state index contributed by atoms with van der Waals surface area (Å²) in [5.41, 5.74) is 2.10. The number of methoxy groups -OCH3 is 1. The SMILES string of the molecule is COc1ccc2c(C)c(CCC(=O)NC(C)c3ccc(Cl)cc3Cl)c(=O)oc2c1. The standard InChI is InChI=1S/C22H21Cl2NO4/c1-12-16-7-5-15(28-3)11-20(16)29-22(27)17(12)8-9-21(26)25-13(2)18-6-4-14(23)10-19(18)24/h4-7,10-11,13H,8-9H2,1-3H3,(H,25,26). The van der Waals surface area contributed by atoms with Gasteiger partial charge in [0.05, 0.1) is 13.2 Å². The van der Waals surface area contributed by atoms with Crippen LogP contribution in [0.3, 0.4) is 0 Å². The molecule has 1 heterocycles. The Hall–Kier alpha value is -2.50. The highest BCUT2D eigenvalue weighted by Crippen LogP contribution is 2.27. The second kappa shape index (κ2) is 8.89. The number of carbonyl (C=O) groups excluding carboxylic acids is 1. The Kier molecular flexibility index (Phi) is 6.50. The summed E-state index contributed by atoms with van der Waals surface area (Å²) >= 11 is 12.1. The lowest BCUT2D eigenvalue weighted by atomic mass is 10.0. The van der Waals surface area contributed by atoms with Gasteiger partial charge in [-0.25, -0.2) is 4.79 Å². The van der Waals surface area contributed by atoms with Gasteiger partial charge in [-0.05, 0) is 55.7 Å². The molecular weight excluding hydrogens is 413 g/mol. The fraction of sp³-hybridized carbons (Fsp3) is 0.273. The molecule has 1 aromatic heterocycles. The van der Waals surface area contributed by atoms with Crippen molar-refractivity contribution in [3.8, 4) is 5.75 Å². The molecule has 0 aliphatic carbocycles. The predicted molar refractivity (Wildman–Crippen MR) is 115 cm³/mol. The van der Waals surface area contributed by atoms with E-state index in [2.05, 4.69) is 5.32 Å². The van der Waals surface area contributed by atoms with E-state index in [-0.39, 0.29) is 24.8 Å². The van der Waals surface area contributed by atoms with Crippen LogP contribution in [0.1, 0.15) is 36.1 Å². The maximum absolute atomic E-state index is 12.4. The van der Waals surface area contributed by atoms with Crippen molar-refractivity contribution in [2.75, 3.05) is 7.11 Å². The molecule has 3 aromatic rings. The highest BCUT2D eigenvalue weighted by Gasteiger charge is 2.16. The Morgan fingerprint density at radius 3 is 2.66 bits per heavy atom. The van der Waals surface area contributed by atoms with E-state index in [0.29, 0.717) is 26.9 Å². The Balaban J connectivity index is 1.73. The molecule has 3 rings (SSSR count). The molecular formula is C22H21Cl2NO4. The highest BCUT2D eigenvalue weighted by atomic mass is 35.5. The summed E-state index contributed by atoms with van der Waals surface area (Å²) in [4.78, 5) is 24.8. The fourth-order valence-electron chi connectivity index (χ4n) is 3.27. The predicted octanol–water partition coefficient (Wildman–Crippen LogP) is 5.23. The van der Waals surface area contributed by atoms with Crippen LogP contribution in [0.25, 0.3) is 11.0 Å². The lowest BCUT2D eigenvalue weighted by molar-refractivity contribution is -0.121. The van der Waals surface area contributed by atoms with Crippen LogP contribution >= 0.6 is 23.2 Å². The van der Waals surface area contributed by atoms with E-state index in [4.69, 9.17) is 32.4 Å². The number of hydrogen-bond donors (Lipinski definition) is 1. The number of nitrogens with one attached hydrogen (secondary N) is 1. The molecule has 1 unspecified atom stereocenters. The number of amides is 1. The Bertz CT molecular complexity index is 1120. The first-order valence-corrected chi connectivity index (χ1v) is 9.90. The number of carbonyl (C=O) groups is 1. The van der Waals surface area contributed by atoms with Gasteiger partial charge in [0.1, 0.15) is 11.3 Å². The third-order valence-electron chi connectivity index (χ3n) is 4.90. The van der Waals surface area contributed by atoms with Gasteiger partial charge in [-0.2, -0.15) is 0 Å². The van der Waals surface area contributed by atoms with E-state index in [1.807, 2.05) is 26.0 Å². The van der Waals surface area contributed by atoms with Crippen LogP contribution in [0.2, 0.25) is 10.0 Å². The molecule has 0 bridgehead atoms. The Morgan fingerprint density at radius 1 is 1.21 bits per heavy atom. The van der Waals surface area contributed by atoms with Crippen molar-refractivity contribution in [1.82, 2.24) is 5.32 Å². The van der Waals surface area contributed by atoms with Gasteiger partial charge in [-0.15, -0.1) is 0 Å². The maximum Gasteiger partial charge on any atom is 0.339 e. The van der Waals surface area contributed by atoms with E-state index >= 15 is 0 Å². The fourth-order valence-corrected chi connectivity index (χ4v) is 3.85. The first-order chi connectivity index (χ1) is 13.8. The van der Waals surface area contributed by atoms with E-state index in [9.17, 15) is 9.59 Å². The minimum Gasteiger partial charge on any atom is -0.497 e. The summed E-state index contributed by atoms with van der Waals surface area (Å²) in [6, 6.07) is 10.2. The average molecular weight is 434 g/mol. The van der Waals surface area contributed by atoms with Crippen LogP contribution < -0.4 is 15.7 Å². The van der Waals surface area contributed by atoms with Crippen LogP contribution in [0.4, 0.5) is 0 Å². The maximum atomic E-state index is 12.4. The molecule has 0 saturated heterocycles. The summed E-state index contributed by atoms with van der Waals surface area (Å²) in [7, 11) is 1.55. The average Bonchev–Trinajstić information content (AvgIpc) is 2.67. The van der Waals surface area contributed by atoms with Gasteiger partial charge in [0, 0.05) is 33.5 Å². The lowest BCUT2D eigenvalue weighted by Crippen LogP contribution is -2.27. The molecule has 1 amide bonds. The third kappa shape index (κ3) is 4.74. The van der Waals surface area contributed by atoms with Crippen molar-refractivity contribution >= 4 is 40.1 Å². The van der Waals surface area contributed by atoms with Crippen molar-refractivity contribution in [3.63, 3.8) is 0 Å². The first-order valence-electron chi connectivity index (χ1n) is 9.14. The molecule has 1 N–H and O–H groups in total. The van der Waals surface area contributed by atoms with Crippen molar-refractivity contribution in [2.45, 2.75) is 32.7 Å². The van der Waals surface area contributed by atoms with Crippen molar-refractivity contribution in [1.29, 1.82) is 0 Å². The number of rotatable bonds is 6. The third-order valence-corrected chi connectivity index (χ3v) is 5.47. The lowest BCUT2D eigenvalue weighted by Gasteiger charge is -2.16. The molecule has 0 fully saturated rings. The van der Waals surface area contributed by atoms with Gasteiger partial charge >= 0.3 is 5.63 Å². The zero-order chi connectivity index (χ0) is 21.1. The highest BCUT2D eigenvalue weighted by molar-refractivity contribution is 6.35. The number of hydrogen-bond acceptors (Lipinski definition) is 4. The number of benzene rings is 2. The Morgan fingerprint density at radius 2 is 1.97 bits per heavy atom. The quantitative estimate of drug-likeness (QED) is 0.540. The second-order valence-corrected chi connectivity index (χ2v) is 7.65. The number of ether oxygens (including phenoxy) is 1. The van der Waals surface area contributed by atoms with Crippen molar-refractivity contribution < 1.29 is 13.9 Å².